The monoisotopic (exact) mass is 283 g/mol. The van der Waals surface area contributed by atoms with E-state index in [1.807, 2.05) is 29.2 Å². The van der Waals surface area contributed by atoms with Crippen molar-refractivity contribution in [3.8, 4) is 5.82 Å². The van der Waals surface area contributed by atoms with Crippen LogP contribution in [-0.2, 0) is 6.54 Å². The van der Waals surface area contributed by atoms with Crippen LogP contribution in [-0.4, -0.2) is 29.5 Å². The van der Waals surface area contributed by atoms with Crippen LogP contribution in [0.25, 0.3) is 5.82 Å². The normalized spacial score (nSPS) is 12.3. The molecule has 7 heteroatoms. The van der Waals surface area contributed by atoms with Gasteiger partial charge in [-0.2, -0.15) is 10.2 Å². The fourth-order valence-corrected chi connectivity index (χ4v) is 2.10. The van der Waals surface area contributed by atoms with Crippen molar-refractivity contribution in [2.24, 2.45) is 0 Å². The van der Waals surface area contributed by atoms with Crippen molar-refractivity contribution >= 4 is 5.69 Å². The van der Waals surface area contributed by atoms with Crippen LogP contribution in [0, 0.1) is 0 Å². The molecule has 7 nitrogen and oxygen atoms in total. The van der Waals surface area contributed by atoms with Crippen molar-refractivity contribution in [1.82, 2.24) is 29.5 Å². The highest BCUT2D eigenvalue weighted by atomic mass is 15.3. The van der Waals surface area contributed by atoms with Crippen molar-refractivity contribution < 1.29 is 0 Å². The lowest BCUT2D eigenvalue weighted by Gasteiger charge is -2.16. The summed E-state index contributed by atoms with van der Waals surface area (Å²) in [6, 6.07) is 3.99. The van der Waals surface area contributed by atoms with E-state index in [2.05, 4.69) is 39.3 Å². The summed E-state index contributed by atoms with van der Waals surface area (Å²) in [6.07, 6.45) is 8.79. The van der Waals surface area contributed by atoms with Gasteiger partial charge in [-0.05, 0) is 26.0 Å². The van der Waals surface area contributed by atoms with E-state index < -0.39 is 0 Å². The third kappa shape index (κ3) is 2.76. The third-order valence-corrected chi connectivity index (χ3v) is 3.27. The summed E-state index contributed by atoms with van der Waals surface area (Å²) in [7, 11) is 0. The molecule has 1 unspecified atom stereocenters. The van der Waals surface area contributed by atoms with Crippen LogP contribution in [0.2, 0.25) is 0 Å². The van der Waals surface area contributed by atoms with Gasteiger partial charge in [0.1, 0.15) is 12.7 Å². The van der Waals surface area contributed by atoms with Gasteiger partial charge >= 0.3 is 0 Å². The van der Waals surface area contributed by atoms with Gasteiger partial charge in [-0.25, -0.2) is 14.6 Å². The van der Waals surface area contributed by atoms with E-state index in [1.54, 1.807) is 17.2 Å². The predicted octanol–water partition coefficient (Wildman–Crippen LogP) is 2.05. The van der Waals surface area contributed by atoms with Crippen LogP contribution >= 0.6 is 0 Å². The number of aryl methyl sites for hydroxylation is 1. The van der Waals surface area contributed by atoms with Crippen molar-refractivity contribution in [3.05, 3.63) is 48.9 Å². The van der Waals surface area contributed by atoms with Gasteiger partial charge in [-0.1, -0.05) is 0 Å². The third-order valence-electron chi connectivity index (χ3n) is 3.27. The Morgan fingerprint density at radius 2 is 2.24 bits per heavy atom. The van der Waals surface area contributed by atoms with E-state index in [1.165, 1.54) is 6.33 Å². The van der Waals surface area contributed by atoms with E-state index >= 15 is 0 Å². The van der Waals surface area contributed by atoms with Gasteiger partial charge in [0.25, 0.3) is 0 Å². The number of hydrogen-bond donors (Lipinski definition) is 1. The standard InChI is InChI=1S/C14H17N7/c1-3-20-8-12(7-17-20)11(2)19-13-5-4-6-16-14(13)21-10-15-9-18-21/h4-11,19H,3H2,1-2H3. The summed E-state index contributed by atoms with van der Waals surface area (Å²) in [6.45, 7) is 5.03. The molecule has 1 atom stereocenters. The molecule has 0 saturated heterocycles. The second kappa shape index (κ2) is 5.74. The second-order valence-electron chi connectivity index (χ2n) is 4.71. The average molecular weight is 283 g/mol. The largest absolute Gasteiger partial charge is 0.375 e. The molecule has 3 aromatic rings. The van der Waals surface area contributed by atoms with Crippen molar-refractivity contribution in [2.45, 2.75) is 26.4 Å². The van der Waals surface area contributed by atoms with E-state index in [-0.39, 0.29) is 6.04 Å². The molecule has 0 aliphatic carbocycles. The summed E-state index contributed by atoms with van der Waals surface area (Å²) >= 11 is 0. The first-order valence-corrected chi connectivity index (χ1v) is 6.87. The molecule has 1 N–H and O–H groups in total. The zero-order chi connectivity index (χ0) is 14.7. The molecule has 0 fully saturated rings. The maximum atomic E-state index is 4.37. The average Bonchev–Trinajstić information content (AvgIpc) is 3.19. The lowest BCUT2D eigenvalue weighted by molar-refractivity contribution is 0.658. The predicted molar refractivity (Wildman–Crippen MR) is 79.1 cm³/mol. The van der Waals surface area contributed by atoms with Crippen LogP contribution < -0.4 is 5.32 Å². The van der Waals surface area contributed by atoms with Crippen LogP contribution in [0.4, 0.5) is 5.69 Å². The Hall–Kier alpha value is -2.70. The zero-order valence-corrected chi connectivity index (χ0v) is 12.0. The minimum atomic E-state index is 0.122. The molecule has 3 aromatic heterocycles. The van der Waals surface area contributed by atoms with Gasteiger partial charge in [0, 0.05) is 24.5 Å². The summed E-state index contributed by atoms with van der Waals surface area (Å²) in [5.41, 5.74) is 2.03. The van der Waals surface area contributed by atoms with Gasteiger partial charge in [-0.15, -0.1) is 0 Å². The fraction of sp³-hybridized carbons (Fsp3) is 0.286. The number of aromatic nitrogens is 6. The smallest absolute Gasteiger partial charge is 0.178 e. The minimum absolute atomic E-state index is 0.122. The number of nitrogens with one attached hydrogen (secondary N) is 1. The van der Waals surface area contributed by atoms with Crippen LogP contribution in [0.1, 0.15) is 25.5 Å². The number of pyridine rings is 1. The fourth-order valence-electron chi connectivity index (χ4n) is 2.10. The molecular formula is C14H17N7. The molecule has 3 heterocycles. The molecule has 0 amide bonds. The van der Waals surface area contributed by atoms with Gasteiger partial charge in [0.15, 0.2) is 5.82 Å². The Morgan fingerprint density at radius 1 is 1.33 bits per heavy atom. The lowest BCUT2D eigenvalue weighted by atomic mass is 10.2. The second-order valence-corrected chi connectivity index (χ2v) is 4.71. The number of anilines is 1. The first kappa shape index (κ1) is 13.3. The molecule has 0 aromatic carbocycles. The molecule has 0 bridgehead atoms. The molecule has 0 aliphatic heterocycles. The Bertz CT molecular complexity index is 702. The first-order chi connectivity index (χ1) is 10.3. The number of hydrogen-bond acceptors (Lipinski definition) is 5. The highest BCUT2D eigenvalue weighted by Crippen LogP contribution is 2.22. The number of rotatable bonds is 5. The topological polar surface area (TPSA) is 73.5 Å². The Kier molecular flexibility index (Phi) is 3.63. The van der Waals surface area contributed by atoms with Gasteiger partial charge in [0.2, 0.25) is 0 Å². The van der Waals surface area contributed by atoms with E-state index in [0.29, 0.717) is 0 Å². The van der Waals surface area contributed by atoms with Gasteiger partial charge < -0.3 is 5.32 Å². The Labute approximate surface area is 122 Å². The van der Waals surface area contributed by atoms with Gasteiger partial charge in [-0.3, -0.25) is 4.68 Å². The van der Waals surface area contributed by atoms with Gasteiger partial charge in [0.05, 0.1) is 17.9 Å². The van der Waals surface area contributed by atoms with Crippen molar-refractivity contribution in [2.75, 3.05) is 5.32 Å². The summed E-state index contributed by atoms with van der Waals surface area (Å²) in [5, 5.41) is 11.9. The molecule has 0 radical (unpaired) electrons. The number of nitrogens with zero attached hydrogens (tertiary/aromatic N) is 6. The van der Waals surface area contributed by atoms with Crippen LogP contribution in [0.15, 0.2) is 43.4 Å². The molecule has 108 valence electrons. The summed E-state index contributed by atoms with van der Waals surface area (Å²) in [5.74, 6) is 0.727. The van der Waals surface area contributed by atoms with E-state index in [4.69, 9.17) is 0 Å². The molecule has 3 rings (SSSR count). The Balaban J connectivity index is 1.85. The Morgan fingerprint density at radius 3 is 2.95 bits per heavy atom. The quantitative estimate of drug-likeness (QED) is 0.775. The molecular weight excluding hydrogens is 266 g/mol. The van der Waals surface area contributed by atoms with Crippen LogP contribution in [0.5, 0.6) is 0 Å². The molecule has 0 saturated carbocycles. The van der Waals surface area contributed by atoms with Crippen LogP contribution in [0.3, 0.4) is 0 Å². The molecule has 0 aliphatic rings. The summed E-state index contributed by atoms with van der Waals surface area (Å²) < 4.78 is 3.56. The van der Waals surface area contributed by atoms with E-state index in [9.17, 15) is 0 Å². The van der Waals surface area contributed by atoms with Crippen molar-refractivity contribution in [1.29, 1.82) is 0 Å². The summed E-state index contributed by atoms with van der Waals surface area (Å²) in [4.78, 5) is 8.33. The highest BCUT2D eigenvalue weighted by Gasteiger charge is 2.12. The molecule has 21 heavy (non-hydrogen) atoms. The van der Waals surface area contributed by atoms with Crippen molar-refractivity contribution in [3.63, 3.8) is 0 Å². The molecule has 0 spiro atoms. The maximum Gasteiger partial charge on any atom is 0.178 e. The zero-order valence-electron chi connectivity index (χ0n) is 12.0. The SMILES string of the molecule is CCn1cc(C(C)Nc2cccnc2-n2cncn2)cn1. The maximum absolute atomic E-state index is 4.37. The lowest BCUT2D eigenvalue weighted by Crippen LogP contribution is -2.10. The highest BCUT2D eigenvalue weighted by molar-refractivity contribution is 5.57. The minimum Gasteiger partial charge on any atom is -0.375 e. The van der Waals surface area contributed by atoms with E-state index in [0.717, 1.165) is 23.6 Å². The first-order valence-electron chi connectivity index (χ1n) is 6.87.